The summed E-state index contributed by atoms with van der Waals surface area (Å²) in [6.45, 7) is 3.09. The Kier molecular flexibility index (Phi) is 3.34. The minimum atomic E-state index is 0.706. The molecule has 0 radical (unpaired) electrons. The average Bonchev–Trinajstić information content (AvgIpc) is 2.85. The SMILES string of the molecule is CNCC1CCc2nc(-c3occc3C)ncc2C1. The van der Waals surface area contributed by atoms with E-state index in [1.54, 1.807) is 6.26 Å². The van der Waals surface area contributed by atoms with Gasteiger partial charge < -0.3 is 9.73 Å². The van der Waals surface area contributed by atoms with Crippen LogP contribution in [0.2, 0.25) is 0 Å². The molecule has 4 heteroatoms. The summed E-state index contributed by atoms with van der Waals surface area (Å²) in [5.74, 6) is 2.21. The van der Waals surface area contributed by atoms with E-state index in [0.29, 0.717) is 11.7 Å². The molecule has 1 unspecified atom stereocenters. The van der Waals surface area contributed by atoms with Gasteiger partial charge in [-0.1, -0.05) is 0 Å². The van der Waals surface area contributed by atoms with E-state index in [0.717, 1.165) is 30.7 Å². The molecule has 0 aliphatic heterocycles. The first kappa shape index (κ1) is 12.4. The zero-order chi connectivity index (χ0) is 13.2. The van der Waals surface area contributed by atoms with Gasteiger partial charge in [-0.2, -0.15) is 0 Å². The van der Waals surface area contributed by atoms with Gasteiger partial charge in [0.1, 0.15) is 0 Å². The standard InChI is InChI=1S/C15H19N3O/c1-10-5-6-19-14(10)15-17-9-12-7-11(8-16-2)3-4-13(12)18-15/h5-6,9,11,16H,3-4,7-8H2,1-2H3. The number of nitrogens with zero attached hydrogens (tertiary/aromatic N) is 2. The number of hydrogen-bond acceptors (Lipinski definition) is 4. The van der Waals surface area contributed by atoms with Gasteiger partial charge in [0, 0.05) is 11.9 Å². The molecule has 0 bridgehead atoms. The van der Waals surface area contributed by atoms with Gasteiger partial charge in [-0.25, -0.2) is 9.97 Å². The van der Waals surface area contributed by atoms with Crippen molar-refractivity contribution in [3.63, 3.8) is 0 Å². The van der Waals surface area contributed by atoms with Crippen molar-refractivity contribution in [1.29, 1.82) is 0 Å². The number of fused-ring (bicyclic) bond motifs is 1. The third-order valence-electron chi connectivity index (χ3n) is 3.81. The first-order chi connectivity index (χ1) is 9.28. The van der Waals surface area contributed by atoms with Crippen LogP contribution in [0.5, 0.6) is 0 Å². The van der Waals surface area contributed by atoms with Crippen molar-refractivity contribution in [2.75, 3.05) is 13.6 Å². The summed E-state index contributed by atoms with van der Waals surface area (Å²) < 4.78 is 5.47. The second-order valence-electron chi connectivity index (χ2n) is 5.26. The highest BCUT2D eigenvalue weighted by Crippen LogP contribution is 2.27. The number of rotatable bonds is 3. The van der Waals surface area contributed by atoms with E-state index < -0.39 is 0 Å². The molecule has 0 amide bonds. The summed E-state index contributed by atoms with van der Waals surface area (Å²) in [6.07, 6.45) is 6.98. The predicted octanol–water partition coefficient (Wildman–Crippen LogP) is 2.37. The summed E-state index contributed by atoms with van der Waals surface area (Å²) in [4.78, 5) is 9.15. The quantitative estimate of drug-likeness (QED) is 0.917. The second-order valence-corrected chi connectivity index (χ2v) is 5.26. The Hall–Kier alpha value is -1.68. The summed E-state index contributed by atoms with van der Waals surface area (Å²) in [7, 11) is 2.01. The molecular weight excluding hydrogens is 238 g/mol. The predicted molar refractivity (Wildman–Crippen MR) is 73.9 cm³/mol. The van der Waals surface area contributed by atoms with E-state index in [2.05, 4.69) is 15.3 Å². The topological polar surface area (TPSA) is 51.0 Å². The Morgan fingerprint density at radius 2 is 2.37 bits per heavy atom. The van der Waals surface area contributed by atoms with Crippen molar-refractivity contribution in [2.24, 2.45) is 5.92 Å². The first-order valence-electron chi connectivity index (χ1n) is 6.81. The van der Waals surface area contributed by atoms with E-state index in [4.69, 9.17) is 4.42 Å². The van der Waals surface area contributed by atoms with Gasteiger partial charge in [0.15, 0.2) is 11.6 Å². The molecule has 2 heterocycles. The van der Waals surface area contributed by atoms with Gasteiger partial charge in [0.2, 0.25) is 0 Å². The lowest BCUT2D eigenvalue weighted by Gasteiger charge is -2.23. The van der Waals surface area contributed by atoms with Gasteiger partial charge >= 0.3 is 0 Å². The van der Waals surface area contributed by atoms with Gasteiger partial charge in [-0.3, -0.25) is 0 Å². The number of nitrogens with one attached hydrogen (secondary N) is 1. The van der Waals surface area contributed by atoms with E-state index in [1.807, 2.05) is 26.2 Å². The number of hydrogen-bond donors (Lipinski definition) is 1. The van der Waals surface area contributed by atoms with E-state index in [-0.39, 0.29) is 0 Å². The van der Waals surface area contributed by atoms with E-state index >= 15 is 0 Å². The van der Waals surface area contributed by atoms with Crippen LogP contribution in [0.3, 0.4) is 0 Å². The number of furan rings is 1. The molecule has 0 aromatic carbocycles. The minimum absolute atomic E-state index is 0.706. The van der Waals surface area contributed by atoms with Crippen LogP contribution in [0.4, 0.5) is 0 Å². The molecule has 0 saturated carbocycles. The maximum atomic E-state index is 5.47. The monoisotopic (exact) mass is 257 g/mol. The molecule has 1 atom stereocenters. The van der Waals surface area contributed by atoms with Gasteiger partial charge in [0.25, 0.3) is 0 Å². The van der Waals surface area contributed by atoms with Gasteiger partial charge in [0.05, 0.1) is 6.26 Å². The van der Waals surface area contributed by atoms with Crippen molar-refractivity contribution in [1.82, 2.24) is 15.3 Å². The summed E-state index contributed by atoms with van der Waals surface area (Å²) in [5, 5.41) is 3.25. The van der Waals surface area contributed by atoms with E-state index in [1.165, 1.54) is 17.7 Å². The Morgan fingerprint density at radius 3 is 3.11 bits per heavy atom. The van der Waals surface area contributed by atoms with Crippen LogP contribution in [0.1, 0.15) is 23.2 Å². The molecule has 100 valence electrons. The van der Waals surface area contributed by atoms with Crippen LogP contribution in [-0.4, -0.2) is 23.6 Å². The fraction of sp³-hybridized carbons (Fsp3) is 0.467. The Morgan fingerprint density at radius 1 is 1.47 bits per heavy atom. The number of aromatic nitrogens is 2. The summed E-state index contributed by atoms with van der Waals surface area (Å²) >= 11 is 0. The molecule has 2 aromatic rings. The zero-order valence-electron chi connectivity index (χ0n) is 11.4. The fourth-order valence-corrected chi connectivity index (χ4v) is 2.76. The van der Waals surface area contributed by atoms with Crippen LogP contribution < -0.4 is 5.32 Å². The van der Waals surface area contributed by atoms with Crippen LogP contribution in [0, 0.1) is 12.8 Å². The summed E-state index contributed by atoms with van der Waals surface area (Å²) in [5.41, 5.74) is 3.57. The maximum Gasteiger partial charge on any atom is 0.196 e. The molecule has 1 aliphatic rings. The molecule has 2 aromatic heterocycles. The van der Waals surface area contributed by atoms with Crippen molar-refractivity contribution < 1.29 is 4.42 Å². The highest BCUT2D eigenvalue weighted by Gasteiger charge is 2.21. The van der Waals surface area contributed by atoms with Crippen LogP contribution in [-0.2, 0) is 12.8 Å². The maximum absolute atomic E-state index is 5.47. The largest absolute Gasteiger partial charge is 0.461 e. The molecule has 0 spiro atoms. The second kappa shape index (κ2) is 5.13. The number of aryl methyl sites for hydroxylation is 2. The third kappa shape index (κ3) is 2.40. The molecule has 19 heavy (non-hydrogen) atoms. The molecule has 3 rings (SSSR count). The lowest BCUT2D eigenvalue weighted by atomic mass is 9.87. The molecule has 1 N–H and O–H groups in total. The van der Waals surface area contributed by atoms with E-state index in [9.17, 15) is 0 Å². The highest BCUT2D eigenvalue weighted by molar-refractivity contribution is 5.52. The van der Waals surface area contributed by atoms with Crippen molar-refractivity contribution in [2.45, 2.75) is 26.2 Å². The molecular formula is C15H19N3O. The Labute approximate surface area is 113 Å². The van der Waals surface area contributed by atoms with Crippen molar-refractivity contribution in [3.8, 4) is 11.6 Å². The Balaban J connectivity index is 1.88. The summed E-state index contributed by atoms with van der Waals surface area (Å²) in [6, 6.07) is 1.95. The average molecular weight is 257 g/mol. The van der Waals surface area contributed by atoms with Crippen molar-refractivity contribution in [3.05, 3.63) is 35.3 Å². The first-order valence-corrected chi connectivity index (χ1v) is 6.81. The smallest absolute Gasteiger partial charge is 0.196 e. The molecule has 1 aliphatic carbocycles. The molecule has 0 saturated heterocycles. The lowest BCUT2D eigenvalue weighted by molar-refractivity contribution is 0.434. The normalized spacial score (nSPS) is 18.3. The van der Waals surface area contributed by atoms with Crippen molar-refractivity contribution >= 4 is 0 Å². The molecule has 4 nitrogen and oxygen atoms in total. The van der Waals surface area contributed by atoms with Gasteiger partial charge in [-0.15, -0.1) is 0 Å². The third-order valence-corrected chi connectivity index (χ3v) is 3.81. The van der Waals surface area contributed by atoms with Crippen LogP contribution in [0.25, 0.3) is 11.6 Å². The zero-order valence-corrected chi connectivity index (χ0v) is 11.4. The highest BCUT2D eigenvalue weighted by atomic mass is 16.3. The van der Waals surface area contributed by atoms with Crippen LogP contribution in [0.15, 0.2) is 22.9 Å². The molecule has 0 fully saturated rings. The fourth-order valence-electron chi connectivity index (χ4n) is 2.76. The Bertz CT molecular complexity index is 577. The minimum Gasteiger partial charge on any atom is -0.461 e. The van der Waals surface area contributed by atoms with Crippen LogP contribution >= 0.6 is 0 Å². The van der Waals surface area contributed by atoms with Gasteiger partial charge in [-0.05, 0) is 62.9 Å². The lowest BCUT2D eigenvalue weighted by Crippen LogP contribution is -2.25.